The zero-order chi connectivity index (χ0) is 27.2. The molecule has 1 fully saturated rings. The van der Waals surface area contributed by atoms with Gasteiger partial charge in [-0.25, -0.2) is 9.88 Å². The summed E-state index contributed by atoms with van der Waals surface area (Å²) in [7, 11) is -1.77. The first-order chi connectivity index (χ1) is 17.5. The molecule has 0 radical (unpaired) electrons. The van der Waals surface area contributed by atoms with Crippen molar-refractivity contribution in [1.82, 2.24) is 14.6 Å². The number of aromatic nitrogens is 2. The number of aromatic amines is 1. The van der Waals surface area contributed by atoms with E-state index in [-0.39, 0.29) is 18.6 Å². The van der Waals surface area contributed by atoms with Gasteiger partial charge >= 0.3 is 20.2 Å². The standard InChI is InChI=1S/C25H37N4O7P/c1-6-17(3)34-23(31)18(4)28-37(36-20-9-7-19(14-26)8-10-20)33-15-25(5)13-16(2)22(35-25)29-12-11-21(30)27-24(29)32/h7-12,16-18,22,28H,6,13-15,26H2,1-5H3,(H,27,30,32)/t16?,17?,18-,22?,25-,37?/m0/s1. The van der Waals surface area contributed by atoms with Crippen LogP contribution < -0.4 is 26.6 Å². The topological polar surface area (TPSA) is 147 Å². The summed E-state index contributed by atoms with van der Waals surface area (Å²) in [6.45, 7) is 9.88. The van der Waals surface area contributed by atoms with Crippen LogP contribution in [0.5, 0.6) is 5.75 Å². The predicted octanol–water partition coefficient (Wildman–Crippen LogP) is 2.95. The Morgan fingerprint density at radius 2 is 2.00 bits per heavy atom. The van der Waals surface area contributed by atoms with Crippen molar-refractivity contribution in [2.45, 2.75) is 78.0 Å². The van der Waals surface area contributed by atoms with E-state index in [1.165, 1.54) is 16.8 Å². The van der Waals surface area contributed by atoms with E-state index in [0.717, 1.165) is 5.56 Å². The van der Waals surface area contributed by atoms with Crippen molar-refractivity contribution >= 4 is 14.5 Å². The number of esters is 1. The fourth-order valence-corrected chi connectivity index (χ4v) is 5.26. The highest BCUT2D eigenvalue weighted by Gasteiger charge is 2.43. The van der Waals surface area contributed by atoms with Gasteiger partial charge in [-0.3, -0.25) is 19.1 Å². The molecule has 6 atom stereocenters. The van der Waals surface area contributed by atoms with Crippen LogP contribution in [-0.4, -0.2) is 39.9 Å². The first kappa shape index (κ1) is 29.0. The van der Waals surface area contributed by atoms with Gasteiger partial charge in [0.05, 0.1) is 18.3 Å². The van der Waals surface area contributed by atoms with E-state index < -0.39 is 43.6 Å². The van der Waals surface area contributed by atoms with Crippen molar-refractivity contribution in [3.8, 4) is 5.75 Å². The van der Waals surface area contributed by atoms with Gasteiger partial charge in [-0.05, 0) is 51.3 Å². The van der Waals surface area contributed by atoms with Gasteiger partial charge < -0.3 is 24.3 Å². The second kappa shape index (κ2) is 12.8. The van der Waals surface area contributed by atoms with E-state index >= 15 is 0 Å². The average molecular weight is 537 g/mol. The SMILES string of the molecule is CCC(C)OC(=O)[C@H](C)NP(OC[C@]1(C)CC(C)C(n2ccc(=O)[nH]c2=O)O1)Oc1ccc(CN)cc1. The van der Waals surface area contributed by atoms with Gasteiger partial charge in [-0.15, -0.1) is 0 Å². The Balaban J connectivity index is 1.71. The molecule has 1 aromatic heterocycles. The van der Waals surface area contributed by atoms with Gasteiger partial charge in [0.2, 0.25) is 0 Å². The first-order valence-corrected chi connectivity index (χ1v) is 13.6. The number of ether oxygens (including phenoxy) is 2. The quantitative estimate of drug-likeness (QED) is 0.275. The van der Waals surface area contributed by atoms with Crippen LogP contribution in [0.1, 0.15) is 59.3 Å². The lowest BCUT2D eigenvalue weighted by molar-refractivity contribution is -0.150. The number of hydrogen-bond acceptors (Lipinski definition) is 9. The summed E-state index contributed by atoms with van der Waals surface area (Å²) in [4.78, 5) is 38.5. The number of H-pyrrole nitrogens is 1. The number of nitrogens with zero attached hydrogens (tertiary/aromatic N) is 1. The lowest BCUT2D eigenvalue weighted by Crippen LogP contribution is -2.37. The molecule has 0 spiro atoms. The van der Waals surface area contributed by atoms with E-state index in [9.17, 15) is 14.4 Å². The molecule has 3 rings (SSSR count). The highest BCUT2D eigenvalue weighted by atomic mass is 31.2. The number of nitrogens with one attached hydrogen (secondary N) is 2. The minimum Gasteiger partial charge on any atom is -0.462 e. The molecule has 1 aliphatic rings. The molecule has 0 amide bonds. The van der Waals surface area contributed by atoms with Crippen LogP contribution in [0.4, 0.5) is 0 Å². The zero-order valence-electron chi connectivity index (χ0n) is 21.9. The van der Waals surface area contributed by atoms with Gasteiger partial charge in [-0.1, -0.05) is 26.0 Å². The lowest BCUT2D eigenvalue weighted by atomic mass is 9.97. The number of benzene rings is 1. The van der Waals surface area contributed by atoms with Crippen LogP contribution in [0, 0.1) is 5.92 Å². The number of nitrogens with two attached hydrogens (primary N) is 1. The van der Waals surface area contributed by atoms with Crippen molar-refractivity contribution < 1.29 is 23.3 Å². The fraction of sp³-hybridized carbons (Fsp3) is 0.560. The Morgan fingerprint density at radius 1 is 1.30 bits per heavy atom. The third kappa shape index (κ3) is 7.96. The summed E-state index contributed by atoms with van der Waals surface area (Å²) >= 11 is 0. The number of carbonyl (C=O) groups is 1. The number of hydrogen-bond donors (Lipinski definition) is 3. The van der Waals surface area contributed by atoms with Gasteiger partial charge in [0.15, 0.2) is 0 Å². The molecule has 2 aromatic rings. The predicted molar refractivity (Wildman–Crippen MR) is 140 cm³/mol. The molecule has 1 aromatic carbocycles. The van der Waals surface area contributed by atoms with Crippen LogP contribution in [-0.2, 0) is 25.3 Å². The molecule has 0 bridgehead atoms. The van der Waals surface area contributed by atoms with Crippen LogP contribution in [0.15, 0.2) is 46.1 Å². The van der Waals surface area contributed by atoms with E-state index in [1.807, 2.05) is 39.8 Å². The molecule has 1 saturated heterocycles. The van der Waals surface area contributed by atoms with E-state index in [4.69, 9.17) is 24.3 Å². The Hall–Kier alpha value is -2.56. The van der Waals surface area contributed by atoms with Crippen molar-refractivity contribution in [3.05, 3.63) is 62.9 Å². The Labute approximate surface area is 217 Å². The molecule has 12 heteroatoms. The lowest BCUT2D eigenvalue weighted by Gasteiger charge is -2.28. The molecular formula is C25H37N4O7P. The van der Waals surface area contributed by atoms with Crippen molar-refractivity contribution in [2.75, 3.05) is 6.61 Å². The highest BCUT2D eigenvalue weighted by molar-refractivity contribution is 7.45. The van der Waals surface area contributed by atoms with Crippen LogP contribution in [0.2, 0.25) is 0 Å². The van der Waals surface area contributed by atoms with Gasteiger partial charge in [-0.2, -0.15) is 0 Å². The Kier molecular flexibility index (Phi) is 10.0. The molecule has 11 nitrogen and oxygen atoms in total. The molecule has 0 aliphatic carbocycles. The molecule has 1 aliphatic heterocycles. The summed E-state index contributed by atoms with van der Waals surface area (Å²) < 4.78 is 25.3. The third-order valence-electron chi connectivity index (χ3n) is 6.15. The van der Waals surface area contributed by atoms with Crippen LogP contribution in [0.3, 0.4) is 0 Å². The maximum atomic E-state index is 12.5. The molecule has 2 heterocycles. The van der Waals surface area contributed by atoms with E-state index in [0.29, 0.717) is 25.1 Å². The third-order valence-corrected chi connectivity index (χ3v) is 7.49. The zero-order valence-corrected chi connectivity index (χ0v) is 22.8. The Bertz CT molecular complexity index is 1150. The molecule has 37 heavy (non-hydrogen) atoms. The monoisotopic (exact) mass is 536 g/mol. The maximum Gasteiger partial charge on any atom is 0.330 e. The molecule has 4 N–H and O–H groups in total. The number of rotatable bonds is 12. The molecule has 0 saturated carbocycles. The smallest absolute Gasteiger partial charge is 0.330 e. The van der Waals surface area contributed by atoms with Crippen molar-refractivity contribution in [1.29, 1.82) is 0 Å². The molecule has 204 valence electrons. The second-order valence-corrected chi connectivity index (χ2v) is 10.8. The average Bonchev–Trinajstić information content (AvgIpc) is 3.16. The number of carbonyl (C=O) groups excluding carboxylic acids is 1. The fourth-order valence-electron chi connectivity index (χ4n) is 3.95. The summed E-state index contributed by atoms with van der Waals surface area (Å²) in [5.41, 5.74) is 4.91. The van der Waals surface area contributed by atoms with E-state index in [1.54, 1.807) is 19.1 Å². The minimum atomic E-state index is -1.77. The molecular weight excluding hydrogens is 499 g/mol. The van der Waals surface area contributed by atoms with Crippen LogP contribution in [0.25, 0.3) is 0 Å². The Morgan fingerprint density at radius 3 is 2.62 bits per heavy atom. The second-order valence-electron chi connectivity index (χ2n) is 9.63. The summed E-state index contributed by atoms with van der Waals surface area (Å²) in [6.07, 6.45) is 1.98. The highest BCUT2D eigenvalue weighted by Crippen LogP contribution is 2.44. The van der Waals surface area contributed by atoms with Crippen molar-refractivity contribution in [2.24, 2.45) is 11.7 Å². The van der Waals surface area contributed by atoms with E-state index in [2.05, 4.69) is 10.1 Å². The maximum absolute atomic E-state index is 12.5. The molecule has 4 unspecified atom stereocenters. The van der Waals surface area contributed by atoms with Crippen molar-refractivity contribution in [3.63, 3.8) is 0 Å². The normalized spacial score (nSPS) is 23.8. The summed E-state index contributed by atoms with van der Waals surface area (Å²) in [6, 6.07) is 7.92. The van der Waals surface area contributed by atoms with Gasteiger partial charge in [0, 0.05) is 24.7 Å². The largest absolute Gasteiger partial charge is 0.462 e. The first-order valence-electron chi connectivity index (χ1n) is 12.4. The summed E-state index contributed by atoms with van der Waals surface area (Å²) in [5.74, 6) is 0.134. The van der Waals surface area contributed by atoms with Gasteiger partial charge in [0.1, 0.15) is 18.0 Å². The van der Waals surface area contributed by atoms with Gasteiger partial charge in [0.25, 0.3) is 5.56 Å². The minimum absolute atomic E-state index is 0.0226. The van der Waals surface area contributed by atoms with Crippen LogP contribution >= 0.6 is 8.53 Å². The summed E-state index contributed by atoms with van der Waals surface area (Å²) in [5, 5.41) is 3.10.